The van der Waals surface area contributed by atoms with Crippen LogP contribution in [0.25, 0.3) is 11.1 Å². The number of benzene rings is 1. The van der Waals surface area contributed by atoms with Crippen LogP contribution >= 0.6 is 0 Å². The van der Waals surface area contributed by atoms with Crippen molar-refractivity contribution in [3.63, 3.8) is 0 Å². The summed E-state index contributed by atoms with van der Waals surface area (Å²) in [5.74, 6) is 3.67. The number of likely N-dealkylation sites (tertiary alicyclic amines) is 1. The first-order chi connectivity index (χ1) is 12.8. The minimum Gasteiger partial charge on any atom is -0.496 e. The summed E-state index contributed by atoms with van der Waals surface area (Å²) >= 11 is 0. The lowest BCUT2D eigenvalue weighted by Crippen LogP contribution is -2.43. The van der Waals surface area contributed by atoms with Crippen LogP contribution in [0.5, 0.6) is 5.75 Å². The van der Waals surface area contributed by atoms with Crippen molar-refractivity contribution in [2.45, 2.75) is 50.5 Å². The SMILES string of the molecule is COc1ccc(-c2ccoc2)cc1C1CCN([C@@H]2C[C@H]3CC[C@H]2C3)CC1. The molecule has 2 aliphatic carbocycles. The van der Waals surface area contributed by atoms with Crippen LogP contribution in [0.15, 0.2) is 41.2 Å². The lowest BCUT2D eigenvalue weighted by Gasteiger charge is -2.40. The number of rotatable bonds is 4. The van der Waals surface area contributed by atoms with Crippen molar-refractivity contribution in [1.82, 2.24) is 4.90 Å². The fraction of sp³-hybridized carbons (Fsp3) is 0.565. The molecular weight excluding hydrogens is 322 g/mol. The van der Waals surface area contributed by atoms with E-state index in [1.54, 1.807) is 13.4 Å². The van der Waals surface area contributed by atoms with Crippen molar-refractivity contribution < 1.29 is 9.15 Å². The second-order valence-corrected chi connectivity index (χ2v) is 8.52. The van der Waals surface area contributed by atoms with Crippen LogP contribution in [0, 0.1) is 11.8 Å². The maximum atomic E-state index is 5.70. The second kappa shape index (κ2) is 6.77. The number of furan rings is 1. The van der Waals surface area contributed by atoms with E-state index in [2.05, 4.69) is 23.1 Å². The molecule has 1 saturated heterocycles. The monoisotopic (exact) mass is 351 g/mol. The summed E-state index contributed by atoms with van der Waals surface area (Å²) in [6.45, 7) is 2.50. The third-order valence-corrected chi connectivity index (χ3v) is 7.22. The van der Waals surface area contributed by atoms with Gasteiger partial charge in [0.1, 0.15) is 5.75 Å². The van der Waals surface area contributed by atoms with E-state index in [4.69, 9.17) is 9.15 Å². The highest BCUT2D eigenvalue weighted by Crippen LogP contribution is 2.48. The predicted molar refractivity (Wildman–Crippen MR) is 103 cm³/mol. The van der Waals surface area contributed by atoms with Gasteiger partial charge in [0.05, 0.1) is 19.6 Å². The first-order valence-electron chi connectivity index (χ1n) is 10.3. The van der Waals surface area contributed by atoms with E-state index in [9.17, 15) is 0 Å². The van der Waals surface area contributed by atoms with Crippen LogP contribution < -0.4 is 4.74 Å². The molecule has 0 amide bonds. The number of hydrogen-bond acceptors (Lipinski definition) is 3. The Morgan fingerprint density at radius 3 is 2.54 bits per heavy atom. The Hall–Kier alpha value is -1.74. The molecular formula is C23H29NO2. The predicted octanol–water partition coefficient (Wildman–Crippen LogP) is 5.32. The molecule has 3 aliphatic rings. The molecule has 1 aliphatic heterocycles. The van der Waals surface area contributed by atoms with Gasteiger partial charge in [-0.15, -0.1) is 0 Å². The Kier molecular flexibility index (Phi) is 4.28. The van der Waals surface area contributed by atoms with Gasteiger partial charge >= 0.3 is 0 Å². The molecule has 3 nitrogen and oxygen atoms in total. The highest BCUT2D eigenvalue weighted by molar-refractivity contribution is 5.65. The van der Waals surface area contributed by atoms with Gasteiger partial charge in [-0.3, -0.25) is 0 Å². The van der Waals surface area contributed by atoms with Gasteiger partial charge in [-0.1, -0.05) is 12.5 Å². The molecule has 2 heterocycles. The van der Waals surface area contributed by atoms with Crippen molar-refractivity contribution in [1.29, 1.82) is 0 Å². The van der Waals surface area contributed by atoms with Crippen LogP contribution in [0.3, 0.4) is 0 Å². The quantitative estimate of drug-likeness (QED) is 0.745. The highest BCUT2D eigenvalue weighted by Gasteiger charge is 2.43. The molecule has 138 valence electrons. The zero-order valence-electron chi connectivity index (χ0n) is 15.7. The number of fused-ring (bicyclic) bond motifs is 2. The molecule has 1 aromatic carbocycles. The van der Waals surface area contributed by atoms with E-state index in [-0.39, 0.29) is 0 Å². The molecule has 3 heteroatoms. The average Bonchev–Trinajstić information content (AvgIpc) is 3.45. The van der Waals surface area contributed by atoms with Crippen LogP contribution in [-0.4, -0.2) is 31.1 Å². The normalized spacial score (nSPS) is 29.3. The molecule has 2 saturated carbocycles. The smallest absolute Gasteiger partial charge is 0.122 e. The number of hydrogen-bond donors (Lipinski definition) is 0. The second-order valence-electron chi connectivity index (χ2n) is 8.52. The van der Waals surface area contributed by atoms with Crippen molar-refractivity contribution in [2.75, 3.05) is 20.2 Å². The maximum absolute atomic E-state index is 5.70. The van der Waals surface area contributed by atoms with Gasteiger partial charge in [0, 0.05) is 11.6 Å². The molecule has 0 N–H and O–H groups in total. The van der Waals surface area contributed by atoms with Crippen LogP contribution in [0.4, 0.5) is 0 Å². The summed E-state index contributed by atoms with van der Waals surface area (Å²) in [5, 5.41) is 0. The Bertz CT molecular complexity index is 746. The summed E-state index contributed by atoms with van der Waals surface area (Å²) in [5.41, 5.74) is 3.75. The zero-order valence-corrected chi connectivity index (χ0v) is 15.7. The molecule has 0 unspecified atom stereocenters. The van der Waals surface area contributed by atoms with Gasteiger partial charge in [0.15, 0.2) is 0 Å². The summed E-state index contributed by atoms with van der Waals surface area (Å²) in [6, 6.07) is 9.50. The molecule has 3 atom stereocenters. The molecule has 1 aromatic heterocycles. The minimum absolute atomic E-state index is 0.603. The minimum atomic E-state index is 0.603. The summed E-state index contributed by atoms with van der Waals surface area (Å²) in [6.07, 6.45) is 12.0. The third kappa shape index (κ3) is 2.87. The van der Waals surface area contributed by atoms with Gasteiger partial charge in [0.25, 0.3) is 0 Å². The molecule has 0 radical (unpaired) electrons. The first-order valence-corrected chi connectivity index (χ1v) is 10.3. The number of methoxy groups -OCH3 is 1. The molecule has 2 bridgehead atoms. The Balaban J connectivity index is 1.32. The molecule has 26 heavy (non-hydrogen) atoms. The Morgan fingerprint density at radius 2 is 1.88 bits per heavy atom. The van der Waals surface area contributed by atoms with Crippen molar-refractivity contribution >= 4 is 0 Å². The van der Waals surface area contributed by atoms with Gasteiger partial charge in [-0.05, 0) is 92.3 Å². The highest BCUT2D eigenvalue weighted by atomic mass is 16.5. The van der Waals surface area contributed by atoms with Gasteiger partial charge in [-0.25, -0.2) is 0 Å². The lowest BCUT2D eigenvalue weighted by atomic mass is 9.85. The van der Waals surface area contributed by atoms with Gasteiger partial charge in [-0.2, -0.15) is 0 Å². The number of piperidine rings is 1. The average molecular weight is 351 g/mol. The van der Waals surface area contributed by atoms with E-state index in [1.165, 1.54) is 62.7 Å². The van der Waals surface area contributed by atoms with E-state index >= 15 is 0 Å². The lowest BCUT2D eigenvalue weighted by molar-refractivity contribution is 0.110. The molecule has 0 spiro atoms. The summed E-state index contributed by atoms with van der Waals surface area (Å²) in [4.78, 5) is 2.81. The van der Waals surface area contributed by atoms with Crippen LogP contribution in [-0.2, 0) is 0 Å². The van der Waals surface area contributed by atoms with Gasteiger partial charge < -0.3 is 14.1 Å². The van der Waals surface area contributed by atoms with Crippen molar-refractivity contribution in [3.8, 4) is 16.9 Å². The third-order valence-electron chi connectivity index (χ3n) is 7.22. The van der Waals surface area contributed by atoms with E-state index in [0.29, 0.717) is 5.92 Å². The van der Waals surface area contributed by atoms with E-state index in [1.807, 2.05) is 12.3 Å². The Labute approximate surface area is 156 Å². The first kappa shape index (κ1) is 16.4. The van der Waals surface area contributed by atoms with Crippen molar-refractivity contribution in [3.05, 3.63) is 42.4 Å². The van der Waals surface area contributed by atoms with E-state index < -0.39 is 0 Å². The topological polar surface area (TPSA) is 25.6 Å². The fourth-order valence-electron chi connectivity index (χ4n) is 5.86. The van der Waals surface area contributed by atoms with E-state index in [0.717, 1.165) is 29.2 Å². The largest absolute Gasteiger partial charge is 0.496 e. The fourth-order valence-corrected chi connectivity index (χ4v) is 5.86. The van der Waals surface area contributed by atoms with Crippen molar-refractivity contribution in [2.24, 2.45) is 11.8 Å². The number of ether oxygens (including phenoxy) is 1. The van der Waals surface area contributed by atoms with Gasteiger partial charge in [0.2, 0.25) is 0 Å². The summed E-state index contributed by atoms with van der Waals surface area (Å²) in [7, 11) is 1.79. The Morgan fingerprint density at radius 1 is 1.00 bits per heavy atom. The summed E-state index contributed by atoms with van der Waals surface area (Å²) < 4.78 is 11.0. The number of nitrogens with zero attached hydrogens (tertiary/aromatic N) is 1. The maximum Gasteiger partial charge on any atom is 0.122 e. The molecule has 3 fully saturated rings. The standard InChI is InChI=1S/C23H29NO2/c1-25-23-5-4-18(20-8-11-26-15-20)14-21(23)17-6-9-24(10-7-17)22-13-16-2-3-19(22)12-16/h4-5,8,11,14-17,19,22H,2-3,6-7,9-10,12-13H2,1H3/t16-,19-,22+/m0/s1. The molecule has 2 aromatic rings. The zero-order chi connectivity index (χ0) is 17.5. The molecule has 5 rings (SSSR count). The van der Waals surface area contributed by atoms with Crippen LogP contribution in [0.2, 0.25) is 0 Å². The van der Waals surface area contributed by atoms with Crippen LogP contribution in [0.1, 0.15) is 50.0 Å².